The zero-order valence-electron chi connectivity index (χ0n) is 22.5. The minimum atomic E-state index is -0.604. The van der Waals surface area contributed by atoms with Crippen LogP contribution in [0.1, 0.15) is 50.3 Å². The Labute approximate surface area is 234 Å². The van der Waals surface area contributed by atoms with Crippen molar-refractivity contribution >= 4 is 43.3 Å². The minimum Gasteiger partial charge on any atom is -0.389 e. The van der Waals surface area contributed by atoms with Crippen LogP contribution >= 0.6 is 11.3 Å². The number of hydrogen-bond donors (Lipinski definition) is 1. The fourth-order valence-electron chi connectivity index (χ4n) is 5.28. The number of nitrogens with two attached hydrogens (primary N) is 1. The number of hydrogen-bond acceptors (Lipinski definition) is 8. The number of fused-ring (bicyclic) bond motifs is 4. The summed E-state index contributed by atoms with van der Waals surface area (Å²) in [6.45, 7) is 7.20. The van der Waals surface area contributed by atoms with Crippen LogP contribution in [0.5, 0.6) is 0 Å². The van der Waals surface area contributed by atoms with Gasteiger partial charge < -0.3 is 15.4 Å². The van der Waals surface area contributed by atoms with E-state index in [0.29, 0.717) is 22.8 Å². The molecule has 0 aliphatic carbocycles. The number of halogens is 3. The van der Waals surface area contributed by atoms with E-state index < -0.39 is 11.6 Å². The third-order valence-electron chi connectivity index (χ3n) is 7.62. The molecule has 1 aromatic carbocycles. The highest BCUT2D eigenvalue weighted by molar-refractivity contribution is 7.23. The van der Waals surface area contributed by atoms with Crippen molar-refractivity contribution in [2.75, 3.05) is 23.9 Å². The van der Waals surface area contributed by atoms with Gasteiger partial charge in [-0.25, -0.2) is 23.1 Å². The molecule has 5 heterocycles. The molecule has 2 unspecified atom stereocenters. The van der Waals surface area contributed by atoms with Gasteiger partial charge in [0.15, 0.2) is 11.6 Å². The summed E-state index contributed by atoms with van der Waals surface area (Å²) < 4.78 is 47.8. The van der Waals surface area contributed by atoms with E-state index >= 15 is 4.39 Å². The first-order valence-electron chi connectivity index (χ1n) is 13.1. The van der Waals surface area contributed by atoms with Crippen LogP contribution in [0.2, 0.25) is 0 Å². The second-order valence-corrected chi connectivity index (χ2v) is 11.0. The monoisotopic (exact) mass is 566 g/mol. The molecule has 0 radical (unpaired) electrons. The molecule has 2 atom stereocenters. The molecule has 0 spiro atoms. The molecule has 0 amide bonds. The van der Waals surface area contributed by atoms with Crippen LogP contribution in [0.25, 0.3) is 32.2 Å². The van der Waals surface area contributed by atoms with Crippen LogP contribution < -0.4 is 10.6 Å². The van der Waals surface area contributed by atoms with E-state index in [2.05, 4.69) is 33.7 Å². The number of allylic oxidation sites excluding steroid dienone is 2. The van der Waals surface area contributed by atoms with E-state index in [-0.39, 0.29) is 63.4 Å². The third-order valence-corrected chi connectivity index (χ3v) is 8.65. The number of nitrogen functional groups attached to an aromatic ring is 1. The van der Waals surface area contributed by atoms with Gasteiger partial charge in [-0.1, -0.05) is 26.0 Å². The van der Waals surface area contributed by atoms with Crippen molar-refractivity contribution in [2.45, 2.75) is 52.9 Å². The van der Waals surface area contributed by atoms with Gasteiger partial charge in [0.05, 0.1) is 35.4 Å². The van der Waals surface area contributed by atoms with Gasteiger partial charge in [0.1, 0.15) is 23.3 Å². The zero-order chi connectivity index (χ0) is 28.6. The van der Waals surface area contributed by atoms with Crippen LogP contribution in [0.3, 0.4) is 0 Å². The number of ether oxygens (including phenoxy) is 1. The van der Waals surface area contributed by atoms with Crippen molar-refractivity contribution in [3.8, 4) is 17.3 Å². The van der Waals surface area contributed by atoms with Crippen LogP contribution in [0.4, 0.5) is 24.1 Å². The summed E-state index contributed by atoms with van der Waals surface area (Å²) in [5.74, 6) is -0.231. The lowest BCUT2D eigenvalue weighted by molar-refractivity contribution is 0.135. The van der Waals surface area contributed by atoms with Gasteiger partial charge in [-0.2, -0.15) is 5.26 Å². The lowest BCUT2D eigenvalue weighted by Crippen LogP contribution is -2.30. The number of nitrogens with zero attached hydrogens (tertiary/aromatic N) is 5. The number of benzene rings is 1. The Bertz CT molecular complexity index is 1660. The SMILES string of the molecule is CC/C=C\CF.CC1CCN(c2ncc3c4c(c(-c5ncc(F)c6sc(N)c(C#N)c56)c(F)c3n2)COC4)C1C. The van der Waals surface area contributed by atoms with Crippen molar-refractivity contribution in [3.05, 3.63) is 52.9 Å². The Kier molecular flexibility index (Phi) is 7.92. The number of pyridine rings is 1. The van der Waals surface area contributed by atoms with E-state index in [1.807, 2.05) is 13.0 Å². The predicted molar refractivity (Wildman–Crippen MR) is 152 cm³/mol. The number of nitriles is 1. The smallest absolute Gasteiger partial charge is 0.226 e. The molecule has 3 aromatic heterocycles. The molecule has 0 bridgehead atoms. The van der Waals surface area contributed by atoms with Crippen LogP contribution in [0, 0.1) is 28.9 Å². The maximum absolute atomic E-state index is 16.3. The Morgan fingerprint density at radius 3 is 2.62 bits per heavy atom. The van der Waals surface area contributed by atoms with Gasteiger partial charge in [-0.3, -0.25) is 4.98 Å². The number of aromatic nitrogens is 3. The summed E-state index contributed by atoms with van der Waals surface area (Å²) in [6.07, 6.45) is 7.97. The average Bonchev–Trinajstić information content (AvgIpc) is 3.66. The summed E-state index contributed by atoms with van der Waals surface area (Å²) in [7, 11) is 0. The number of thiophene rings is 1. The highest BCUT2D eigenvalue weighted by atomic mass is 32.1. The van der Waals surface area contributed by atoms with Crippen molar-refractivity contribution in [1.29, 1.82) is 5.26 Å². The Morgan fingerprint density at radius 1 is 1.20 bits per heavy atom. The largest absolute Gasteiger partial charge is 0.389 e. The summed E-state index contributed by atoms with van der Waals surface area (Å²) >= 11 is 0.955. The molecular weight excluding hydrogens is 537 g/mol. The van der Waals surface area contributed by atoms with Crippen LogP contribution in [-0.4, -0.2) is 34.2 Å². The van der Waals surface area contributed by atoms with E-state index in [9.17, 15) is 14.0 Å². The molecule has 2 aliphatic rings. The zero-order valence-corrected chi connectivity index (χ0v) is 23.3. The lowest BCUT2D eigenvalue weighted by atomic mass is 9.94. The third kappa shape index (κ3) is 4.65. The van der Waals surface area contributed by atoms with Crippen LogP contribution in [0.15, 0.2) is 24.5 Å². The normalized spacial score (nSPS) is 18.4. The lowest BCUT2D eigenvalue weighted by Gasteiger charge is -2.24. The highest BCUT2D eigenvalue weighted by Gasteiger charge is 2.32. The predicted octanol–water partition coefficient (Wildman–Crippen LogP) is 6.83. The average molecular weight is 567 g/mol. The summed E-state index contributed by atoms with van der Waals surface area (Å²) in [4.78, 5) is 15.5. The van der Waals surface area contributed by atoms with E-state index in [1.165, 1.54) is 6.08 Å². The summed E-state index contributed by atoms with van der Waals surface area (Å²) in [5.41, 5.74) is 7.98. The number of anilines is 2. The maximum atomic E-state index is 16.3. The summed E-state index contributed by atoms with van der Waals surface area (Å²) in [6, 6.07) is 2.27. The second kappa shape index (κ2) is 11.4. The van der Waals surface area contributed by atoms with Gasteiger partial charge >= 0.3 is 0 Å². The Hall–Kier alpha value is -3.75. The van der Waals surface area contributed by atoms with Gasteiger partial charge in [-0.05, 0) is 36.8 Å². The second-order valence-electron chi connectivity index (χ2n) is 9.92. The molecule has 0 saturated carbocycles. The first kappa shape index (κ1) is 27.8. The molecule has 208 valence electrons. The van der Waals surface area contributed by atoms with Crippen molar-refractivity contribution in [2.24, 2.45) is 5.92 Å². The standard InChI is InChI=1S/C24H20F2N6OS.C5H9F/c1-10-3-4-32(11(10)2)24-30-6-13-14-8-33-9-15(14)17(19(26)20(13)31-24)21-18-12(5-27)23(28)34-22(18)16(25)7-29-21;1-2-3-4-5-6/h6-7,10-11H,3-4,8-9,28H2,1-2H3;3-4H,2,5H2,1H3/b;4-3-. The van der Waals surface area contributed by atoms with E-state index in [0.717, 1.165) is 42.5 Å². The number of rotatable bonds is 4. The first-order valence-corrected chi connectivity index (χ1v) is 14.0. The van der Waals surface area contributed by atoms with Crippen molar-refractivity contribution in [1.82, 2.24) is 15.0 Å². The van der Waals surface area contributed by atoms with Crippen molar-refractivity contribution in [3.63, 3.8) is 0 Å². The molecular formula is C29H29F3N6OS. The maximum Gasteiger partial charge on any atom is 0.226 e. The van der Waals surface area contributed by atoms with Crippen LogP contribution in [-0.2, 0) is 18.0 Å². The topological polar surface area (TPSA) is 101 Å². The fourth-order valence-corrected chi connectivity index (χ4v) is 6.20. The highest BCUT2D eigenvalue weighted by Crippen LogP contribution is 2.45. The molecule has 4 aromatic rings. The molecule has 2 N–H and O–H groups in total. The summed E-state index contributed by atoms with van der Waals surface area (Å²) in [5, 5.41) is 10.7. The van der Waals surface area contributed by atoms with Crippen molar-refractivity contribution < 1.29 is 17.9 Å². The van der Waals surface area contributed by atoms with E-state index in [1.54, 1.807) is 12.3 Å². The number of alkyl halides is 1. The fraction of sp³-hybridized carbons (Fsp3) is 0.379. The molecule has 1 fully saturated rings. The first-order chi connectivity index (χ1) is 19.3. The van der Waals surface area contributed by atoms with Gasteiger partial charge in [0.2, 0.25) is 5.95 Å². The molecule has 40 heavy (non-hydrogen) atoms. The molecule has 11 heteroatoms. The van der Waals surface area contributed by atoms with Gasteiger partial charge in [0, 0.05) is 35.1 Å². The Balaban J connectivity index is 0.000000487. The van der Waals surface area contributed by atoms with Gasteiger partial charge in [0.25, 0.3) is 0 Å². The van der Waals surface area contributed by atoms with Gasteiger partial charge in [-0.15, -0.1) is 11.3 Å². The quantitative estimate of drug-likeness (QED) is 0.270. The molecule has 6 rings (SSSR count). The molecule has 1 saturated heterocycles. The Morgan fingerprint density at radius 2 is 1.98 bits per heavy atom. The molecule has 7 nitrogen and oxygen atoms in total. The molecule has 2 aliphatic heterocycles. The minimum absolute atomic E-state index is 0.0948. The van der Waals surface area contributed by atoms with E-state index in [4.69, 9.17) is 10.5 Å².